The third kappa shape index (κ3) is 3.39. The van der Waals surface area contributed by atoms with Crippen molar-refractivity contribution in [1.29, 1.82) is 0 Å². The molecule has 2 N–H and O–H groups in total. The van der Waals surface area contributed by atoms with E-state index < -0.39 is 10.0 Å². The maximum absolute atomic E-state index is 12.1. The predicted octanol–water partition coefficient (Wildman–Crippen LogP) is 1.17. The molecule has 0 spiro atoms. The van der Waals surface area contributed by atoms with Crippen molar-refractivity contribution in [2.24, 2.45) is 0 Å². The molecule has 0 atom stereocenters. The van der Waals surface area contributed by atoms with Crippen LogP contribution < -0.4 is 4.72 Å². The molecule has 0 aliphatic carbocycles. The smallest absolute Gasteiger partial charge is 0.243 e. The molecule has 0 radical (unpaired) electrons. The summed E-state index contributed by atoms with van der Waals surface area (Å²) in [6, 6.07) is 1.41. The SMILES string of the molecule is Cc1noc(CNS(=O)(=O)c2cc(CO)sc2Br)n1. The van der Waals surface area contributed by atoms with E-state index in [1.165, 1.54) is 6.07 Å². The molecule has 10 heteroatoms. The molecule has 2 heterocycles. The second-order valence-electron chi connectivity index (χ2n) is 3.57. The number of sulfonamides is 1. The minimum absolute atomic E-state index is 0.0813. The summed E-state index contributed by atoms with van der Waals surface area (Å²) < 4.78 is 31.7. The summed E-state index contributed by atoms with van der Waals surface area (Å²) in [6.45, 7) is 1.35. The molecule has 0 aromatic carbocycles. The Balaban J connectivity index is 2.15. The zero-order valence-corrected chi connectivity index (χ0v) is 13.0. The minimum atomic E-state index is -3.69. The fourth-order valence-corrected chi connectivity index (χ4v) is 4.82. The lowest BCUT2D eigenvalue weighted by molar-refractivity contribution is 0.285. The van der Waals surface area contributed by atoms with Crippen molar-refractivity contribution >= 4 is 37.3 Å². The number of nitrogens with zero attached hydrogens (tertiary/aromatic N) is 2. The van der Waals surface area contributed by atoms with Crippen LogP contribution in [-0.2, 0) is 23.2 Å². The van der Waals surface area contributed by atoms with Crippen LogP contribution in [0.15, 0.2) is 19.3 Å². The van der Waals surface area contributed by atoms with Gasteiger partial charge in [0.2, 0.25) is 15.9 Å². The van der Waals surface area contributed by atoms with E-state index in [1.54, 1.807) is 6.92 Å². The van der Waals surface area contributed by atoms with Crippen molar-refractivity contribution in [3.05, 3.63) is 26.4 Å². The molecule has 0 fully saturated rings. The Bertz CT molecular complexity index is 679. The molecule has 0 amide bonds. The van der Waals surface area contributed by atoms with Gasteiger partial charge in [0.1, 0.15) is 4.90 Å². The molecule has 0 bridgehead atoms. The molecular formula is C9H10BrN3O4S2. The first kappa shape index (κ1) is 14.6. The molecule has 7 nitrogen and oxygen atoms in total. The second-order valence-corrected chi connectivity index (χ2v) is 7.76. The highest BCUT2D eigenvalue weighted by molar-refractivity contribution is 9.11. The average molecular weight is 368 g/mol. The van der Waals surface area contributed by atoms with E-state index >= 15 is 0 Å². The van der Waals surface area contributed by atoms with Gasteiger partial charge in [0, 0.05) is 4.88 Å². The molecule has 0 aliphatic rings. The number of hydrogen-bond donors (Lipinski definition) is 2. The molecule has 19 heavy (non-hydrogen) atoms. The fraction of sp³-hybridized carbons (Fsp3) is 0.333. The predicted molar refractivity (Wildman–Crippen MR) is 71.0 cm³/mol. The number of rotatable bonds is 5. The maximum Gasteiger partial charge on any atom is 0.243 e. The van der Waals surface area contributed by atoms with Crippen LogP contribution in [0, 0.1) is 6.92 Å². The van der Waals surface area contributed by atoms with Gasteiger partial charge in [0.15, 0.2) is 5.82 Å². The van der Waals surface area contributed by atoms with Crippen LogP contribution in [-0.4, -0.2) is 23.7 Å². The van der Waals surface area contributed by atoms with E-state index in [0.717, 1.165) is 11.3 Å². The number of aryl methyl sites for hydroxylation is 1. The van der Waals surface area contributed by atoms with Crippen LogP contribution in [0.1, 0.15) is 16.6 Å². The lowest BCUT2D eigenvalue weighted by Crippen LogP contribution is -2.23. The Kier molecular flexibility index (Phi) is 4.36. The lowest BCUT2D eigenvalue weighted by atomic mass is 10.5. The Morgan fingerprint density at radius 2 is 2.32 bits per heavy atom. The van der Waals surface area contributed by atoms with Gasteiger partial charge < -0.3 is 9.63 Å². The van der Waals surface area contributed by atoms with Crippen LogP contribution in [0.5, 0.6) is 0 Å². The highest BCUT2D eigenvalue weighted by Gasteiger charge is 2.21. The zero-order valence-electron chi connectivity index (χ0n) is 9.75. The summed E-state index contributed by atoms with van der Waals surface area (Å²) in [5, 5.41) is 12.6. The van der Waals surface area contributed by atoms with Gasteiger partial charge in [-0.15, -0.1) is 11.3 Å². The number of aliphatic hydroxyl groups excluding tert-OH is 1. The van der Waals surface area contributed by atoms with Crippen LogP contribution >= 0.6 is 27.3 Å². The first-order chi connectivity index (χ1) is 8.92. The van der Waals surface area contributed by atoms with Gasteiger partial charge in [-0.25, -0.2) is 13.1 Å². The van der Waals surface area contributed by atoms with Gasteiger partial charge in [-0.3, -0.25) is 0 Å². The van der Waals surface area contributed by atoms with Crippen molar-refractivity contribution in [2.45, 2.75) is 25.0 Å². The number of aromatic nitrogens is 2. The van der Waals surface area contributed by atoms with Crippen molar-refractivity contribution in [3.63, 3.8) is 0 Å². The third-order valence-corrected chi connectivity index (χ3v) is 5.77. The molecule has 2 rings (SSSR count). The summed E-state index contributed by atoms with van der Waals surface area (Å²) >= 11 is 4.32. The summed E-state index contributed by atoms with van der Waals surface area (Å²) in [4.78, 5) is 4.54. The number of aliphatic hydroxyl groups is 1. The molecular weight excluding hydrogens is 358 g/mol. The van der Waals surface area contributed by atoms with Crippen LogP contribution in [0.3, 0.4) is 0 Å². The Labute approximate surface area is 121 Å². The van der Waals surface area contributed by atoms with Gasteiger partial charge in [-0.05, 0) is 28.9 Å². The molecule has 2 aromatic heterocycles. The van der Waals surface area contributed by atoms with Crippen molar-refractivity contribution in [1.82, 2.24) is 14.9 Å². The van der Waals surface area contributed by atoms with E-state index in [0.29, 0.717) is 14.5 Å². The highest BCUT2D eigenvalue weighted by atomic mass is 79.9. The van der Waals surface area contributed by atoms with Crippen LogP contribution in [0.2, 0.25) is 0 Å². The topological polar surface area (TPSA) is 105 Å². The standard InChI is InChI=1S/C9H10BrN3O4S2/c1-5-12-8(17-13-5)3-11-19(15,16)7-2-6(4-14)18-9(7)10/h2,11,14H,3-4H2,1H3. The van der Waals surface area contributed by atoms with E-state index in [9.17, 15) is 8.42 Å². The number of halogens is 1. The summed E-state index contributed by atoms with van der Waals surface area (Å²) in [7, 11) is -3.69. The monoisotopic (exact) mass is 367 g/mol. The van der Waals surface area contributed by atoms with E-state index in [-0.39, 0.29) is 23.9 Å². The summed E-state index contributed by atoms with van der Waals surface area (Å²) in [5.41, 5.74) is 0. The van der Waals surface area contributed by atoms with Gasteiger partial charge >= 0.3 is 0 Å². The normalized spacial score (nSPS) is 11.9. The third-order valence-electron chi connectivity index (χ3n) is 2.13. The first-order valence-corrected chi connectivity index (χ1v) is 8.19. The van der Waals surface area contributed by atoms with Gasteiger partial charge in [-0.1, -0.05) is 5.16 Å². The molecule has 104 valence electrons. The molecule has 2 aromatic rings. The van der Waals surface area contributed by atoms with E-state index in [2.05, 4.69) is 30.8 Å². The number of nitrogens with one attached hydrogen (secondary N) is 1. The van der Waals surface area contributed by atoms with E-state index in [4.69, 9.17) is 9.63 Å². The summed E-state index contributed by atoms with van der Waals surface area (Å²) in [6.07, 6.45) is 0. The van der Waals surface area contributed by atoms with E-state index in [1.807, 2.05) is 0 Å². The number of thiophene rings is 1. The Hall–Kier alpha value is -0.810. The Morgan fingerprint density at radius 1 is 1.58 bits per heavy atom. The quantitative estimate of drug-likeness (QED) is 0.821. The zero-order chi connectivity index (χ0) is 14.0. The average Bonchev–Trinajstić information content (AvgIpc) is 2.93. The lowest BCUT2D eigenvalue weighted by Gasteiger charge is -2.02. The fourth-order valence-electron chi connectivity index (χ4n) is 1.31. The molecule has 0 unspecified atom stereocenters. The highest BCUT2D eigenvalue weighted by Crippen LogP contribution is 2.31. The van der Waals surface area contributed by atoms with Gasteiger partial charge in [0.25, 0.3) is 0 Å². The van der Waals surface area contributed by atoms with Crippen molar-refractivity contribution in [3.8, 4) is 0 Å². The maximum atomic E-state index is 12.1. The van der Waals surface area contributed by atoms with Gasteiger partial charge in [0.05, 0.1) is 16.9 Å². The largest absolute Gasteiger partial charge is 0.391 e. The molecule has 0 aliphatic heterocycles. The van der Waals surface area contributed by atoms with Crippen LogP contribution in [0.4, 0.5) is 0 Å². The minimum Gasteiger partial charge on any atom is -0.391 e. The van der Waals surface area contributed by atoms with Crippen molar-refractivity contribution < 1.29 is 18.0 Å². The number of hydrogen-bond acceptors (Lipinski definition) is 7. The first-order valence-electron chi connectivity index (χ1n) is 5.10. The summed E-state index contributed by atoms with van der Waals surface area (Å²) in [5.74, 6) is 0.628. The molecule has 0 saturated heterocycles. The van der Waals surface area contributed by atoms with Crippen molar-refractivity contribution in [2.75, 3.05) is 0 Å². The second kappa shape index (κ2) is 5.67. The Morgan fingerprint density at radius 3 is 2.84 bits per heavy atom. The van der Waals surface area contributed by atoms with Gasteiger partial charge in [-0.2, -0.15) is 4.98 Å². The van der Waals surface area contributed by atoms with Crippen LogP contribution in [0.25, 0.3) is 0 Å². The molecule has 0 saturated carbocycles.